The molecule has 148 valence electrons. The van der Waals surface area contributed by atoms with Gasteiger partial charge in [0.25, 0.3) is 5.56 Å². The molecule has 0 aliphatic carbocycles. The first kappa shape index (κ1) is 18.5. The molecule has 0 saturated heterocycles. The fraction of sp³-hybridized carbons (Fsp3) is 0.0870. The molecule has 2 heterocycles. The number of nitrogens with zero attached hydrogens (tertiary/aromatic N) is 3. The molecule has 0 atom stereocenters. The van der Waals surface area contributed by atoms with Crippen molar-refractivity contribution in [3.8, 4) is 22.4 Å². The maximum Gasteiger partial charge on any atom is 0.272 e. The van der Waals surface area contributed by atoms with E-state index in [0.717, 1.165) is 38.5 Å². The van der Waals surface area contributed by atoms with Crippen LogP contribution in [0.3, 0.4) is 0 Å². The number of nitrogens with one attached hydrogen (secondary N) is 1. The Hall–Kier alpha value is -3.48. The number of benzene rings is 3. The van der Waals surface area contributed by atoms with E-state index in [0.29, 0.717) is 16.1 Å². The maximum absolute atomic E-state index is 12.2. The van der Waals surface area contributed by atoms with Crippen LogP contribution < -0.4 is 11.3 Å². The van der Waals surface area contributed by atoms with E-state index < -0.39 is 0 Å². The number of rotatable bonds is 3. The van der Waals surface area contributed by atoms with Gasteiger partial charge < -0.3 is 5.73 Å². The monoisotopic (exact) mass is 415 g/mol. The van der Waals surface area contributed by atoms with Gasteiger partial charge in [0.15, 0.2) is 0 Å². The summed E-state index contributed by atoms with van der Waals surface area (Å²) < 4.78 is 1.81. The van der Waals surface area contributed by atoms with Crippen LogP contribution in [-0.4, -0.2) is 20.0 Å². The number of fused-ring (bicyclic) bond motifs is 2. The van der Waals surface area contributed by atoms with Crippen LogP contribution in [0.1, 0.15) is 5.69 Å². The Bertz CT molecular complexity index is 1480. The number of aromatic amines is 1. The van der Waals surface area contributed by atoms with E-state index >= 15 is 0 Å². The van der Waals surface area contributed by atoms with Gasteiger partial charge >= 0.3 is 0 Å². The third kappa shape index (κ3) is 2.81. The number of hydrogen-bond acceptors (Lipinski definition) is 4. The summed E-state index contributed by atoms with van der Waals surface area (Å²) in [6, 6.07) is 17.7. The molecule has 2 aromatic heterocycles. The number of hydrogen-bond donors (Lipinski definition) is 2. The molecule has 0 aliphatic heterocycles. The van der Waals surface area contributed by atoms with Gasteiger partial charge in [-0.2, -0.15) is 10.2 Å². The van der Waals surface area contributed by atoms with Gasteiger partial charge in [0, 0.05) is 35.5 Å². The van der Waals surface area contributed by atoms with Crippen LogP contribution in [0, 0.1) is 0 Å². The van der Waals surface area contributed by atoms with Gasteiger partial charge in [-0.05, 0) is 23.1 Å². The fourth-order valence-electron chi connectivity index (χ4n) is 3.93. The highest BCUT2D eigenvalue weighted by molar-refractivity contribution is 6.38. The van der Waals surface area contributed by atoms with Gasteiger partial charge in [0.1, 0.15) is 0 Å². The Balaban J connectivity index is 1.76. The SMILES string of the molecule is Cn1ncc(-c2ccc3c(=O)[nH]nc(CN)c3c2)c1-c1ccc2ccccc2c1Cl. The Kier molecular flexibility index (Phi) is 4.38. The lowest BCUT2D eigenvalue weighted by Gasteiger charge is -2.12. The minimum Gasteiger partial charge on any atom is -0.325 e. The Morgan fingerprint density at radius 1 is 1.03 bits per heavy atom. The number of H-pyrrole nitrogens is 1. The van der Waals surface area contributed by atoms with Crippen molar-refractivity contribution in [2.24, 2.45) is 12.8 Å². The predicted octanol–water partition coefficient (Wildman–Crippen LogP) is 4.26. The zero-order chi connectivity index (χ0) is 20.8. The average Bonchev–Trinajstić information content (AvgIpc) is 3.15. The van der Waals surface area contributed by atoms with Gasteiger partial charge in [0.2, 0.25) is 0 Å². The lowest BCUT2D eigenvalue weighted by molar-refractivity contribution is 0.776. The fourth-order valence-corrected chi connectivity index (χ4v) is 4.25. The van der Waals surface area contributed by atoms with Crippen molar-refractivity contribution in [1.29, 1.82) is 0 Å². The van der Waals surface area contributed by atoms with E-state index in [1.807, 2.05) is 60.4 Å². The van der Waals surface area contributed by atoms with Crippen molar-refractivity contribution in [2.45, 2.75) is 6.54 Å². The maximum atomic E-state index is 12.2. The van der Waals surface area contributed by atoms with Gasteiger partial charge in [-0.1, -0.05) is 54.1 Å². The molecule has 5 rings (SSSR count). The summed E-state index contributed by atoms with van der Waals surface area (Å²) in [5.41, 5.74) is 9.86. The minimum atomic E-state index is -0.238. The number of nitrogens with two attached hydrogens (primary N) is 1. The molecule has 0 spiro atoms. The zero-order valence-electron chi connectivity index (χ0n) is 16.2. The van der Waals surface area contributed by atoms with E-state index in [4.69, 9.17) is 17.3 Å². The quantitative estimate of drug-likeness (QED) is 0.460. The van der Waals surface area contributed by atoms with E-state index in [2.05, 4.69) is 21.4 Å². The summed E-state index contributed by atoms with van der Waals surface area (Å²) >= 11 is 6.81. The molecule has 3 N–H and O–H groups in total. The third-order valence-corrected chi connectivity index (χ3v) is 5.84. The standard InChI is InChI=1S/C23H18ClN5O/c1-29-22(17-9-6-13-4-2-3-5-15(13)21(17)24)19(12-26-29)14-7-8-16-18(10-14)20(11-25)27-28-23(16)30/h2-10,12H,11,25H2,1H3,(H,28,30). The topological polar surface area (TPSA) is 89.6 Å². The predicted molar refractivity (Wildman–Crippen MR) is 120 cm³/mol. The first-order valence-corrected chi connectivity index (χ1v) is 9.87. The molecule has 0 amide bonds. The van der Waals surface area contributed by atoms with Crippen LogP contribution in [0.5, 0.6) is 0 Å². The number of halogens is 1. The second-order valence-corrected chi connectivity index (χ2v) is 7.52. The molecule has 6 nitrogen and oxygen atoms in total. The number of aryl methyl sites for hydroxylation is 1. The second-order valence-electron chi connectivity index (χ2n) is 7.14. The normalized spacial score (nSPS) is 11.4. The summed E-state index contributed by atoms with van der Waals surface area (Å²) in [7, 11) is 1.89. The first-order chi connectivity index (χ1) is 14.6. The van der Waals surface area contributed by atoms with Crippen LogP contribution >= 0.6 is 11.6 Å². The van der Waals surface area contributed by atoms with Crippen molar-refractivity contribution < 1.29 is 0 Å². The Morgan fingerprint density at radius 3 is 2.70 bits per heavy atom. The molecule has 5 aromatic rings. The van der Waals surface area contributed by atoms with Crippen molar-refractivity contribution in [3.05, 3.63) is 81.9 Å². The summed E-state index contributed by atoms with van der Waals surface area (Å²) in [6.07, 6.45) is 1.81. The molecule has 0 saturated carbocycles. The molecule has 0 unspecified atom stereocenters. The largest absolute Gasteiger partial charge is 0.325 e. The van der Waals surface area contributed by atoms with E-state index in [9.17, 15) is 4.79 Å². The Labute approximate surface area is 176 Å². The van der Waals surface area contributed by atoms with Crippen LogP contribution in [0.15, 0.2) is 65.6 Å². The first-order valence-electron chi connectivity index (χ1n) is 9.50. The molecule has 30 heavy (non-hydrogen) atoms. The van der Waals surface area contributed by atoms with Gasteiger partial charge in [0.05, 0.1) is 28.0 Å². The van der Waals surface area contributed by atoms with Crippen molar-refractivity contribution >= 4 is 33.1 Å². The minimum absolute atomic E-state index is 0.229. The summed E-state index contributed by atoms with van der Waals surface area (Å²) in [5.74, 6) is 0. The van der Waals surface area contributed by atoms with E-state index in [1.165, 1.54) is 0 Å². The highest BCUT2D eigenvalue weighted by atomic mass is 35.5. The third-order valence-electron chi connectivity index (χ3n) is 5.43. The molecule has 0 radical (unpaired) electrons. The molecular formula is C23H18ClN5O. The molecule has 0 bridgehead atoms. The van der Waals surface area contributed by atoms with E-state index in [-0.39, 0.29) is 12.1 Å². The zero-order valence-corrected chi connectivity index (χ0v) is 16.9. The summed E-state index contributed by atoms with van der Waals surface area (Å²) in [5, 5.41) is 15.1. The molecule has 0 aliphatic rings. The average molecular weight is 416 g/mol. The van der Waals surface area contributed by atoms with Gasteiger partial charge in [-0.15, -0.1) is 0 Å². The highest BCUT2D eigenvalue weighted by Crippen LogP contribution is 2.39. The van der Waals surface area contributed by atoms with Crippen LogP contribution in [-0.2, 0) is 13.6 Å². The number of aromatic nitrogens is 4. The van der Waals surface area contributed by atoms with Crippen LogP contribution in [0.2, 0.25) is 5.02 Å². The lowest BCUT2D eigenvalue weighted by atomic mass is 9.97. The molecule has 0 fully saturated rings. The van der Waals surface area contributed by atoms with Crippen molar-refractivity contribution in [2.75, 3.05) is 0 Å². The molecular weight excluding hydrogens is 398 g/mol. The van der Waals surface area contributed by atoms with Crippen molar-refractivity contribution in [3.63, 3.8) is 0 Å². The highest BCUT2D eigenvalue weighted by Gasteiger charge is 2.18. The second kappa shape index (κ2) is 7.09. The van der Waals surface area contributed by atoms with Gasteiger partial charge in [-0.3, -0.25) is 9.48 Å². The van der Waals surface area contributed by atoms with Gasteiger partial charge in [-0.25, -0.2) is 5.10 Å². The molecule has 3 aromatic carbocycles. The lowest BCUT2D eigenvalue weighted by Crippen LogP contribution is -2.13. The summed E-state index contributed by atoms with van der Waals surface area (Å²) in [4.78, 5) is 12.2. The molecule has 7 heteroatoms. The summed E-state index contributed by atoms with van der Waals surface area (Å²) in [6.45, 7) is 0.229. The van der Waals surface area contributed by atoms with E-state index in [1.54, 1.807) is 6.07 Å². The van der Waals surface area contributed by atoms with Crippen LogP contribution in [0.4, 0.5) is 0 Å². The smallest absolute Gasteiger partial charge is 0.272 e. The van der Waals surface area contributed by atoms with Crippen LogP contribution in [0.25, 0.3) is 43.9 Å². The van der Waals surface area contributed by atoms with Crippen molar-refractivity contribution in [1.82, 2.24) is 20.0 Å². The Morgan fingerprint density at radius 2 is 1.87 bits per heavy atom.